The molecule has 0 aromatic carbocycles. The van der Waals surface area contributed by atoms with Gasteiger partial charge in [0.15, 0.2) is 0 Å². The second-order valence-corrected chi connectivity index (χ2v) is 3.92. The summed E-state index contributed by atoms with van der Waals surface area (Å²) in [5, 5.41) is 0. The van der Waals surface area contributed by atoms with Crippen molar-refractivity contribution in [2.75, 3.05) is 19.1 Å². The number of hydrogen-bond acceptors (Lipinski definition) is 8. The second-order valence-electron chi connectivity index (χ2n) is 3.92. The minimum atomic E-state index is -0.185. The van der Waals surface area contributed by atoms with Crippen molar-refractivity contribution in [3.8, 4) is 12.0 Å². The van der Waals surface area contributed by atoms with Gasteiger partial charge in [-0.15, -0.1) is 4.98 Å². The summed E-state index contributed by atoms with van der Waals surface area (Å²) >= 11 is 0. The third-order valence-electron chi connectivity index (χ3n) is 1.77. The lowest BCUT2D eigenvalue weighted by molar-refractivity contribution is 0.0841. The third-order valence-corrected chi connectivity index (χ3v) is 1.77. The van der Waals surface area contributed by atoms with E-state index in [2.05, 4.69) is 20.4 Å². The summed E-state index contributed by atoms with van der Waals surface area (Å²) in [4.78, 5) is 11.9. The van der Waals surface area contributed by atoms with E-state index < -0.39 is 0 Å². The van der Waals surface area contributed by atoms with E-state index in [0.29, 0.717) is 6.61 Å². The Balaban J connectivity index is 2.82. The van der Waals surface area contributed by atoms with Crippen molar-refractivity contribution in [1.29, 1.82) is 0 Å². The lowest BCUT2D eigenvalue weighted by Gasteiger charge is -2.14. The van der Waals surface area contributed by atoms with E-state index in [4.69, 9.17) is 20.1 Å². The monoisotopic (exact) mass is 257 g/mol. The Morgan fingerprint density at radius 1 is 1.11 bits per heavy atom. The zero-order valence-corrected chi connectivity index (χ0v) is 11.0. The Morgan fingerprint density at radius 3 is 2.22 bits per heavy atom. The van der Waals surface area contributed by atoms with E-state index in [-0.39, 0.29) is 30.2 Å². The van der Waals surface area contributed by atoms with Gasteiger partial charge in [0.25, 0.3) is 0 Å². The summed E-state index contributed by atoms with van der Waals surface area (Å²) in [7, 11) is 1.59. The van der Waals surface area contributed by atoms with Crippen LogP contribution in [-0.2, 0) is 4.74 Å². The number of methoxy groups -OCH3 is 1. The molecule has 0 amide bonds. The van der Waals surface area contributed by atoms with Gasteiger partial charge in [-0.05, 0) is 20.8 Å². The topological polar surface area (TPSA) is 104 Å². The van der Waals surface area contributed by atoms with Gasteiger partial charge in [-0.2, -0.15) is 9.97 Å². The molecular formula is C10H19N5O3. The number of ether oxygens (including phenoxy) is 3. The van der Waals surface area contributed by atoms with Crippen molar-refractivity contribution in [2.24, 2.45) is 5.84 Å². The second kappa shape index (κ2) is 6.92. The van der Waals surface area contributed by atoms with E-state index in [1.54, 1.807) is 7.11 Å². The third kappa shape index (κ3) is 4.68. The first kappa shape index (κ1) is 14.4. The molecule has 0 aliphatic rings. The molecule has 0 saturated carbocycles. The summed E-state index contributed by atoms with van der Waals surface area (Å²) < 4.78 is 15.8. The first-order valence-corrected chi connectivity index (χ1v) is 5.60. The molecule has 18 heavy (non-hydrogen) atoms. The van der Waals surface area contributed by atoms with E-state index in [1.165, 1.54) is 0 Å². The summed E-state index contributed by atoms with van der Waals surface area (Å²) in [6.07, 6.45) is -0.239. The highest BCUT2D eigenvalue weighted by Crippen LogP contribution is 2.14. The highest BCUT2D eigenvalue weighted by Gasteiger charge is 2.12. The molecule has 8 heteroatoms. The molecule has 0 radical (unpaired) electrons. The van der Waals surface area contributed by atoms with Crippen LogP contribution in [-0.4, -0.2) is 40.9 Å². The molecule has 102 valence electrons. The van der Waals surface area contributed by atoms with Crippen molar-refractivity contribution in [1.82, 2.24) is 15.0 Å². The first-order valence-electron chi connectivity index (χ1n) is 5.60. The Morgan fingerprint density at radius 2 is 1.72 bits per heavy atom. The van der Waals surface area contributed by atoms with Crippen LogP contribution in [0.3, 0.4) is 0 Å². The SMILES string of the molecule is COCC(C)Oc1nc(NN)nc(OC(C)C)n1. The van der Waals surface area contributed by atoms with Crippen LogP contribution in [0.1, 0.15) is 20.8 Å². The molecule has 0 saturated heterocycles. The maximum absolute atomic E-state index is 5.46. The summed E-state index contributed by atoms with van der Waals surface area (Å²) in [5.74, 6) is 5.45. The molecule has 1 aromatic rings. The minimum absolute atomic E-state index is 0.0535. The Hall–Kier alpha value is -1.67. The summed E-state index contributed by atoms with van der Waals surface area (Å²) in [5.41, 5.74) is 2.33. The molecule has 1 rings (SSSR count). The Kier molecular flexibility index (Phi) is 5.53. The number of hydrogen-bond donors (Lipinski definition) is 2. The van der Waals surface area contributed by atoms with Crippen molar-refractivity contribution >= 4 is 5.95 Å². The molecule has 1 unspecified atom stereocenters. The molecule has 1 heterocycles. The van der Waals surface area contributed by atoms with Gasteiger partial charge in [0.1, 0.15) is 6.10 Å². The predicted molar refractivity (Wildman–Crippen MR) is 65.4 cm³/mol. The lowest BCUT2D eigenvalue weighted by atomic mass is 10.4. The van der Waals surface area contributed by atoms with Gasteiger partial charge in [0.05, 0.1) is 12.7 Å². The fourth-order valence-electron chi connectivity index (χ4n) is 1.17. The molecule has 1 atom stereocenters. The van der Waals surface area contributed by atoms with Gasteiger partial charge in [-0.25, -0.2) is 5.84 Å². The van der Waals surface area contributed by atoms with Crippen LogP contribution < -0.4 is 20.7 Å². The van der Waals surface area contributed by atoms with Crippen LogP contribution in [0, 0.1) is 0 Å². The van der Waals surface area contributed by atoms with E-state index in [1.807, 2.05) is 20.8 Å². The summed E-state index contributed by atoms with van der Waals surface area (Å²) in [6.45, 7) is 6.00. The zero-order valence-electron chi connectivity index (χ0n) is 11.0. The normalized spacial score (nSPS) is 12.3. The molecule has 3 N–H and O–H groups in total. The highest BCUT2D eigenvalue weighted by atomic mass is 16.5. The van der Waals surface area contributed by atoms with Crippen LogP contribution in [0.2, 0.25) is 0 Å². The van der Waals surface area contributed by atoms with Crippen LogP contribution in [0.15, 0.2) is 0 Å². The van der Waals surface area contributed by atoms with Crippen molar-refractivity contribution in [2.45, 2.75) is 33.0 Å². The molecule has 0 aliphatic heterocycles. The highest BCUT2D eigenvalue weighted by molar-refractivity contribution is 5.25. The number of nitrogens with one attached hydrogen (secondary N) is 1. The van der Waals surface area contributed by atoms with Crippen molar-refractivity contribution in [3.63, 3.8) is 0 Å². The number of nitrogen functional groups attached to an aromatic ring is 1. The predicted octanol–water partition coefficient (Wildman–Crippen LogP) is 0.358. The number of nitrogens with zero attached hydrogens (tertiary/aromatic N) is 3. The van der Waals surface area contributed by atoms with Gasteiger partial charge in [-0.3, -0.25) is 5.43 Å². The fourth-order valence-corrected chi connectivity index (χ4v) is 1.17. The average molecular weight is 257 g/mol. The smallest absolute Gasteiger partial charge is 0.324 e. The van der Waals surface area contributed by atoms with Gasteiger partial charge in [0, 0.05) is 7.11 Å². The standard InChI is InChI=1S/C10H19N5O3/c1-6(2)17-9-12-8(15-11)13-10(14-9)18-7(3)5-16-4/h6-7H,5,11H2,1-4H3,(H,12,13,14,15). The largest absolute Gasteiger partial charge is 0.461 e. The van der Waals surface area contributed by atoms with E-state index in [9.17, 15) is 0 Å². The number of anilines is 1. The van der Waals surface area contributed by atoms with Crippen LogP contribution in [0.5, 0.6) is 12.0 Å². The van der Waals surface area contributed by atoms with Gasteiger partial charge in [-0.1, -0.05) is 0 Å². The van der Waals surface area contributed by atoms with Gasteiger partial charge in [0.2, 0.25) is 5.95 Å². The molecule has 0 bridgehead atoms. The molecule has 8 nitrogen and oxygen atoms in total. The maximum Gasteiger partial charge on any atom is 0.324 e. The number of aromatic nitrogens is 3. The quantitative estimate of drug-likeness (QED) is 0.533. The van der Waals surface area contributed by atoms with Crippen molar-refractivity contribution < 1.29 is 14.2 Å². The first-order chi connectivity index (χ1) is 8.55. The zero-order chi connectivity index (χ0) is 13.5. The lowest BCUT2D eigenvalue weighted by Crippen LogP contribution is -2.21. The average Bonchev–Trinajstić information content (AvgIpc) is 2.27. The molecule has 0 fully saturated rings. The van der Waals surface area contributed by atoms with Gasteiger partial charge >= 0.3 is 12.0 Å². The maximum atomic E-state index is 5.46. The Bertz CT molecular complexity index is 375. The van der Waals surface area contributed by atoms with Gasteiger partial charge < -0.3 is 14.2 Å². The molecule has 0 aliphatic carbocycles. The van der Waals surface area contributed by atoms with Crippen molar-refractivity contribution in [3.05, 3.63) is 0 Å². The number of hydrazine groups is 1. The van der Waals surface area contributed by atoms with E-state index >= 15 is 0 Å². The molecule has 1 aromatic heterocycles. The van der Waals surface area contributed by atoms with Crippen LogP contribution >= 0.6 is 0 Å². The minimum Gasteiger partial charge on any atom is -0.461 e. The Labute approximate surface area is 106 Å². The number of rotatable bonds is 7. The molecular weight excluding hydrogens is 238 g/mol. The van der Waals surface area contributed by atoms with Crippen LogP contribution in [0.25, 0.3) is 0 Å². The van der Waals surface area contributed by atoms with E-state index in [0.717, 1.165) is 0 Å². The van der Waals surface area contributed by atoms with Crippen LogP contribution in [0.4, 0.5) is 5.95 Å². The summed E-state index contributed by atoms with van der Waals surface area (Å²) in [6, 6.07) is 0.297. The number of nitrogens with two attached hydrogens (primary N) is 1. The fraction of sp³-hybridized carbons (Fsp3) is 0.700. The molecule has 0 spiro atoms.